The summed E-state index contributed by atoms with van der Waals surface area (Å²) in [5, 5.41) is -0.708. The van der Waals surface area contributed by atoms with Gasteiger partial charge in [-0.3, -0.25) is 0 Å². The van der Waals surface area contributed by atoms with E-state index in [4.69, 9.17) is 24.8 Å². The molecule has 0 saturated carbocycles. The second-order valence-corrected chi connectivity index (χ2v) is 4.08. The van der Waals surface area contributed by atoms with Crippen LogP contribution in [0.5, 0.6) is 0 Å². The second kappa shape index (κ2) is 5.77. The number of ether oxygens (including phenoxy) is 1. The maximum Gasteiger partial charge on any atom is 0.407 e. The van der Waals surface area contributed by atoms with Crippen LogP contribution in [0.1, 0.15) is 33.1 Å². The Kier molecular flexibility index (Phi) is 1.11. The number of H-pyrrole nitrogens is 1. The van der Waals surface area contributed by atoms with E-state index in [0.717, 1.165) is 0 Å². The lowest BCUT2D eigenvalue weighted by atomic mass is 10.0. The minimum atomic E-state index is -3.94. The van der Waals surface area contributed by atoms with Crippen LogP contribution < -0.4 is 5.31 Å². The number of rotatable bonds is 5. The van der Waals surface area contributed by atoms with E-state index >= 15 is 0 Å². The molecular formula is C16H21N3O2. The molecule has 0 unspecified atom stereocenters. The number of nitrogens with one attached hydrogen (secondary N) is 2. The summed E-state index contributed by atoms with van der Waals surface area (Å²) in [6, 6.07) is -4.34. The molecule has 2 N–H and O–H groups in total. The lowest BCUT2D eigenvalue weighted by Gasteiger charge is -2.09. The zero-order valence-electron chi connectivity index (χ0n) is 28.4. The van der Waals surface area contributed by atoms with E-state index in [1.54, 1.807) is 0 Å². The number of likely N-dealkylation sites (N-methyl/N-ethyl adjacent to an activating group) is 1. The summed E-state index contributed by atoms with van der Waals surface area (Å²) in [4.78, 5) is 11.1. The van der Waals surface area contributed by atoms with E-state index in [-0.39, 0.29) is 10.3 Å². The van der Waals surface area contributed by atoms with Crippen molar-refractivity contribution in [3.05, 3.63) is 35.4 Å². The summed E-state index contributed by atoms with van der Waals surface area (Å²) in [5.74, 6) is 0. The average Bonchev–Trinajstić information content (AvgIpc) is 3.10. The number of cyclic esters (lactones) is 1. The molecule has 21 heavy (non-hydrogen) atoms. The molecule has 0 aliphatic carbocycles. The number of aryl methyl sites for hydroxylation is 1. The number of amides is 1. The standard InChI is InChI=1S/C16H21N3O2/c1-19(2)6-5-12-9-17-15-4-3-11(8-14(12)15)7-13-10-21-16(20)18-13/h3-4,8-9,13,17H,5-7,10H2,1-2H3,(H,18,20)/t13-/m0/s1/i1D3,2D3,3D,4D,5D2,6D2,8D,9D,10D2/hD2. The van der Waals surface area contributed by atoms with E-state index in [2.05, 4.69) is 4.74 Å². The fourth-order valence-corrected chi connectivity index (χ4v) is 1.75. The van der Waals surface area contributed by atoms with E-state index < -0.39 is 103 Å². The summed E-state index contributed by atoms with van der Waals surface area (Å²) >= 11 is 0. The quantitative estimate of drug-likeness (QED) is 0.887. The molecule has 112 valence electrons. The topological polar surface area (TPSA) is 57.4 Å². The Balaban J connectivity index is 2.38. The monoisotopic (exact) mass is 305 g/mol. The number of fused-ring (bicyclic) bond motifs is 1. The van der Waals surface area contributed by atoms with Crippen molar-refractivity contribution in [3.63, 3.8) is 0 Å². The number of alkyl carbamates (subject to hydrolysis) is 1. The Morgan fingerprint density at radius 1 is 1.67 bits per heavy atom. The van der Waals surface area contributed by atoms with Crippen LogP contribution in [0.25, 0.3) is 10.9 Å². The van der Waals surface area contributed by atoms with Gasteiger partial charge in [0.2, 0.25) is 0 Å². The van der Waals surface area contributed by atoms with Gasteiger partial charge in [-0.1, -0.05) is 6.04 Å². The van der Waals surface area contributed by atoms with Gasteiger partial charge in [0.25, 0.3) is 0 Å². The first-order chi connectivity index (χ1) is 17.3. The summed E-state index contributed by atoms with van der Waals surface area (Å²) in [5.41, 5.74) is -2.45. The third-order valence-electron chi connectivity index (χ3n) is 2.61. The van der Waals surface area contributed by atoms with Gasteiger partial charge in [0, 0.05) is 37.3 Å². The molecule has 0 radical (unpaired) electrons. The van der Waals surface area contributed by atoms with Gasteiger partial charge in [-0.05, 0) is 50.0 Å². The molecule has 1 amide bonds. The number of aromatic amines is 1. The van der Waals surface area contributed by atoms with Crippen LogP contribution in [0.3, 0.4) is 0 Å². The van der Waals surface area contributed by atoms with Crippen LogP contribution in [0.15, 0.2) is 24.3 Å². The third-order valence-corrected chi connectivity index (χ3v) is 2.61. The molecule has 0 bridgehead atoms. The molecule has 2 aromatic rings. The van der Waals surface area contributed by atoms with Crippen LogP contribution in [0, 0.1) is 0 Å². The predicted molar refractivity (Wildman–Crippen MR) is 82.5 cm³/mol. The molecule has 1 fully saturated rings. The summed E-state index contributed by atoms with van der Waals surface area (Å²) < 4.78 is 148. The SMILES string of the molecule is [2H]c1c(C[C@@H]2N([2H])C(=O)OC2([2H])[2H])c([2H])c2c(C([2H])([2H])C([2H])([2H])N(C([2H])([2H])[2H])C([2H])([2H])[2H])c([2H])n([2H])c2c1[2H]. The van der Waals surface area contributed by atoms with Gasteiger partial charge >= 0.3 is 6.09 Å². The molecule has 1 aromatic carbocycles. The van der Waals surface area contributed by atoms with E-state index in [0.29, 0.717) is 0 Å². The number of nitrogens with zero attached hydrogens (tertiary/aromatic N) is 1. The highest BCUT2D eigenvalue weighted by atomic mass is 16.6. The Morgan fingerprint density at radius 3 is 3.33 bits per heavy atom. The van der Waals surface area contributed by atoms with Crippen molar-refractivity contribution in [3.8, 4) is 0 Å². The molecule has 5 heteroatoms. The van der Waals surface area contributed by atoms with Gasteiger partial charge in [-0.25, -0.2) is 4.79 Å². The van der Waals surface area contributed by atoms with Crippen molar-refractivity contribution in [2.45, 2.75) is 18.8 Å². The summed E-state index contributed by atoms with van der Waals surface area (Å²) in [6.45, 7) is -14.2. The normalized spacial score (nSPS) is 36.1. The van der Waals surface area contributed by atoms with Gasteiger partial charge in [0.15, 0.2) is 2.82 Å². The maximum atomic E-state index is 11.7. The first-order valence-corrected chi connectivity index (χ1v) is 5.76. The van der Waals surface area contributed by atoms with E-state index in [9.17, 15) is 4.79 Å². The van der Waals surface area contributed by atoms with Crippen molar-refractivity contribution in [2.75, 3.05) is 27.0 Å². The fourth-order valence-electron chi connectivity index (χ4n) is 1.75. The molecule has 1 saturated heterocycles. The van der Waals surface area contributed by atoms with Crippen LogP contribution >= 0.6 is 0 Å². The van der Waals surface area contributed by atoms with E-state index in [1.165, 1.54) is 0 Å². The van der Waals surface area contributed by atoms with E-state index in [1.807, 2.05) is 0 Å². The van der Waals surface area contributed by atoms with Crippen molar-refractivity contribution in [1.82, 2.24) is 15.2 Å². The lowest BCUT2D eigenvalue weighted by Crippen LogP contribution is -2.28. The Morgan fingerprint density at radius 2 is 2.57 bits per heavy atom. The smallest absolute Gasteiger partial charge is 0.407 e. The molecule has 2 heterocycles. The highest BCUT2D eigenvalue weighted by Gasteiger charge is 2.22. The number of hydrogen-bond donors (Lipinski definition) is 2. The van der Waals surface area contributed by atoms with Crippen molar-refractivity contribution < 1.29 is 34.3 Å². The molecule has 5 nitrogen and oxygen atoms in total. The van der Waals surface area contributed by atoms with Gasteiger partial charge in [0.05, 0.1) is 14.3 Å². The molecule has 1 atom stereocenters. The Hall–Kier alpha value is -2.01. The highest BCUT2D eigenvalue weighted by molar-refractivity contribution is 5.84. The Bertz CT molecular complexity index is 1320. The maximum absolute atomic E-state index is 11.7. The Labute approximate surface area is 149 Å². The number of carbonyl (C=O) groups excluding carboxylic acids is 1. The molecule has 1 aromatic heterocycles. The molecule has 0 spiro atoms. The van der Waals surface area contributed by atoms with Gasteiger partial charge < -0.3 is 19.9 Å². The van der Waals surface area contributed by atoms with Crippen LogP contribution in [-0.2, 0) is 17.5 Å². The minimum absolute atomic E-state index is 0.0988. The van der Waals surface area contributed by atoms with Gasteiger partial charge in [-0.2, -0.15) is 0 Å². The zero-order chi connectivity index (χ0) is 30.4. The molecule has 3 rings (SSSR count). The zero-order valence-corrected chi connectivity index (χ0v) is 10.4. The molecule has 1 aliphatic rings. The summed E-state index contributed by atoms with van der Waals surface area (Å²) in [7, 11) is 0. The van der Waals surface area contributed by atoms with Crippen molar-refractivity contribution in [2.24, 2.45) is 0 Å². The van der Waals surface area contributed by atoms with Gasteiger partial charge in [-0.15, -0.1) is 0 Å². The lowest BCUT2D eigenvalue weighted by molar-refractivity contribution is 0.177. The molecular weight excluding hydrogens is 266 g/mol. The predicted octanol–water partition coefficient (Wildman–Crippen LogP) is 1.92. The van der Waals surface area contributed by atoms with Crippen molar-refractivity contribution >= 4 is 17.0 Å². The van der Waals surface area contributed by atoms with Crippen LogP contribution in [0.4, 0.5) is 4.79 Å². The van der Waals surface area contributed by atoms with Crippen molar-refractivity contribution in [1.29, 1.82) is 0 Å². The number of benzene rings is 1. The number of hydrogen-bond acceptors (Lipinski definition) is 3. The van der Waals surface area contributed by atoms with Gasteiger partial charge in [0.1, 0.15) is 6.56 Å². The second-order valence-electron chi connectivity index (χ2n) is 4.08. The molecule has 1 aliphatic heterocycles. The minimum Gasteiger partial charge on any atom is -0.447 e. The number of carbonyl (C=O) groups is 1. The third kappa shape index (κ3) is 3.19. The first kappa shape index (κ1) is 4.04. The average molecular weight is 305 g/mol. The summed E-state index contributed by atoms with van der Waals surface area (Å²) in [6.07, 6.45) is -7.11. The first-order valence-electron chi connectivity index (χ1n) is 14.7. The largest absolute Gasteiger partial charge is 0.447 e. The fraction of sp³-hybridized carbons (Fsp3) is 0.438. The number of aromatic nitrogens is 1. The highest BCUT2D eigenvalue weighted by Crippen LogP contribution is 2.21. The van der Waals surface area contributed by atoms with Crippen LogP contribution in [0.2, 0.25) is 2.82 Å². The van der Waals surface area contributed by atoms with Crippen LogP contribution in [-0.4, -0.2) is 49.0 Å².